The highest BCUT2D eigenvalue weighted by Crippen LogP contribution is 2.29. The van der Waals surface area contributed by atoms with Gasteiger partial charge in [-0.2, -0.15) is 13.2 Å². The molecule has 1 atom stereocenters. The van der Waals surface area contributed by atoms with Crippen LogP contribution in [-0.4, -0.2) is 30.0 Å². The Hall–Kier alpha value is -2.90. The van der Waals surface area contributed by atoms with Gasteiger partial charge in [-0.15, -0.1) is 0 Å². The van der Waals surface area contributed by atoms with Crippen molar-refractivity contribution in [2.24, 2.45) is 0 Å². The molecule has 0 bridgehead atoms. The van der Waals surface area contributed by atoms with E-state index in [1.54, 1.807) is 12.1 Å². The van der Waals surface area contributed by atoms with Gasteiger partial charge >= 0.3 is 12.1 Å². The van der Waals surface area contributed by atoms with Gasteiger partial charge in [0.05, 0.1) is 12.7 Å². The zero-order valence-electron chi connectivity index (χ0n) is 13.2. The molecule has 0 aliphatic carbocycles. The second kappa shape index (κ2) is 7.78. The van der Waals surface area contributed by atoms with Crippen LogP contribution in [0.1, 0.15) is 21.6 Å². The third-order valence-electron chi connectivity index (χ3n) is 3.38. The van der Waals surface area contributed by atoms with Crippen LogP contribution in [0.5, 0.6) is 0 Å². The summed E-state index contributed by atoms with van der Waals surface area (Å²) >= 11 is 0. The third-order valence-corrected chi connectivity index (χ3v) is 3.38. The van der Waals surface area contributed by atoms with Crippen molar-refractivity contribution < 1.29 is 27.5 Å². The first kappa shape index (κ1) is 18.4. The van der Waals surface area contributed by atoms with Crippen molar-refractivity contribution in [3.05, 3.63) is 65.5 Å². The minimum Gasteiger partial charge on any atom is -0.467 e. The number of halogens is 3. The van der Waals surface area contributed by atoms with Crippen LogP contribution in [0, 0.1) is 0 Å². The van der Waals surface area contributed by atoms with Crippen LogP contribution in [-0.2, 0) is 22.1 Å². The van der Waals surface area contributed by atoms with Crippen LogP contribution in [0.4, 0.5) is 13.2 Å². The van der Waals surface area contributed by atoms with Crippen molar-refractivity contribution in [2.75, 3.05) is 7.11 Å². The first-order valence-electron chi connectivity index (χ1n) is 7.27. The molecule has 0 aliphatic rings. The molecule has 0 saturated heterocycles. The predicted molar refractivity (Wildman–Crippen MR) is 82.7 cm³/mol. The minimum atomic E-state index is -4.49. The molecule has 0 radical (unpaired) electrons. The second-order valence-corrected chi connectivity index (χ2v) is 5.17. The van der Waals surface area contributed by atoms with Gasteiger partial charge in [-0.3, -0.25) is 9.78 Å². The van der Waals surface area contributed by atoms with Gasteiger partial charge in [0.25, 0.3) is 5.91 Å². The van der Waals surface area contributed by atoms with Gasteiger partial charge in [0, 0.05) is 12.6 Å². The number of nitrogens with one attached hydrogen (secondary N) is 1. The number of methoxy groups -OCH3 is 1. The van der Waals surface area contributed by atoms with Crippen molar-refractivity contribution in [2.45, 2.75) is 18.6 Å². The molecule has 1 N–H and O–H groups in total. The summed E-state index contributed by atoms with van der Waals surface area (Å²) in [6.07, 6.45) is -3.22. The predicted octanol–water partition coefficient (Wildman–Crippen LogP) is 2.61. The third kappa shape index (κ3) is 5.03. The van der Waals surface area contributed by atoms with E-state index in [2.05, 4.69) is 15.0 Å². The van der Waals surface area contributed by atoms with Crippen LogP contribution in [0.25, 0.3) is 0 Å². The molecule has 0 unspecified atom stereocenters. The summed E-state index contributed by atoms with van der Waals surface area (Å²) < 4.78 is 43.0. The lowest BCUT2D eigenvalue weighted by Crippen LogP contribution is -2.43. The van der Waals surface area contributed by atoms with Gasteiger partial charge < -0.3 is 10.1 Å². The summed E-state index contributed by atoms with van der Waals surface area (Å²) in [5.74, 6) is -1.38. The van der Waals surface area contributed by atoms with Crippen LogP contribution in [0.2, 0.25) is 0 Å². The molecule has 132 valence electrons. The molecule has 2 aromatic rings. The molecule has 8 heteroatoms. The molecule has 1 heterocycles. The van der Waals surface area contributed by atoms with Gasteiger partial charge in [0.15, 0.2) is 0 Å². The maximum absolute atomic E-state index is 12.8. The number of aromatic nitrogens is 1. The van der Waals surface area contributed by atoms with Crippen molar-refractivity contribution in [3.8, 4) is 0 Å². The molecular weight excluding hydrogens is 337 g/mol. The Morgan fingerprint density at radius 1 is 1.20 bits per heavy atom. The number of nitrogens with zero attached hydrogens (tertiary/aromatic N) is 1. The SMILES string of the molecule is COC(=O)[C@H](Cc1cccc(C(F)(F)F)c1)NC(=O)c1ccccn1. The van der Waals surface area contributed by atoms with Crippen LogP contribution < -0.4 is 5.32 Å². The number of hydrogen-bond acceptors (Lipinski definition) is 4. The summed E-state index contributed by atoms with van der Waals surface area (Å²) in [7, 11) is 1.13. The lowest BCUT2D eigenvalue weighted by atomic mass is 10.0. The van der Waals surface area contributed by atoms with E-state index in [4.69, 9.17) is 0 Å². The Balaban J connectivity index is 2.19. The Bertz CT molecular complexity index is 748. The first-order valence-corrected chi connectivity index (χ1v) is 7.27. The summed E-state index contributed by atoms with van der Waals surface area (Å²) in [6.45, 7) is 0. The van der Waals surface area contributed by atoms with Gasteiger partial charge in [-0.1, -0.05) is 24.3 Å². The molecule has 0 spiro atoms. The van der Waals surface area contributed by atoms with E-state index < -0.39 is 29.7 Å². The largest absolute Gasteiger partial charge is 0.467 e. The highest BCUT2D eigenvalue weighted by atomic mass is 19.4. The fourth-order valence-electron chi connectivity index (χ4n) is 2.18. The normalized spacial score (nSPS) is 12.3. The van der Waals surface area contributed by atoms with Crippen LogP contribution in [0.3, 0.4) is 0 Å². The summed E-state index contributed by atoms with van der Waals surface area (Å²) in [5.41, 5.74) is -0.503. The van der Waals surface area contributed by atoms with Crippen molar-refractivity contribution in [3.63, 3.8) is 0 Å². The minimum absolute atomic E-state index is 0.0837. The number of benzene rings is 1. The topological polar surface area (TPSA) is 68.3 Å². The standard InChI is InChI=1S/C17H15F3N2O3/c1-25-16(24)14(22-15(23)13-7-2-3-8-21-13)10-11-5-4-6-12(9-11)17(18,19)20/h2-9,14H,10H2,1H3,(H,22,23)/t14-/m0/s1. The molecular formula is C17H15F3N2O3. The first-order chi connectivity index (χ1) is 11.8. The van der Waals surface area contributed by atoms with Gasteiger partial charge in [-0.05, 0) is 23.8 Å². The molecule has 25 heavy (non-hydrogen) atoms. The number of ether oxygens (including phenoxy) is 1. The lowest BCUT2D eigenvalue weighted by molar-refractivity contribution is -0.142. The number of carbonyl (C=O) groups is 2. The van der Waals surface area contributed by atoms with E-state index in [1.807, 2.05) is 0 Å². The van der Waals surface area contributed by atoms with E-state index in [0.29, 0.717) is 0 Å². The van der Waals surface area contributed by atoms with E-state index >= 15 is 0 Å². The van der Waals surface area contributed by atoms with E-state index in [1.165, 1.54) is 24.4 Å². The Morgan fingerprint density at radius 2 is 1.96 bits per heavy atom. The molecule has 1 aromatic heterocycles. The van der Waals surface area contributed by atoms with Crippen molar-refractivity contribution in [1.82, 2.24) is 10.3 Å². The number of esters is 1. The summed E-state index contributed by atoms with van der Waals surface area (Å²) in [6, 6.07) is 8.09. The highest BCUT2D eigenvalue weighted by Gasteiger charge is 2.31. The molecule has 1 amide bonds. The number of rotatable bonds is 5. The molecule has 0 aliphatic heterocycles. The molecule has 1 aromatic carbocycles. The van der Waals surface area contributed by atoms with Gasteiger partial charge in [0.1, 0.15) is 11.7 Å². The zero-order chi connectivity index (χ0) is 18.4. The van der Waals surface area contributed by atoms with E-state index in [0.717, 1.165) is 19.2 Å². The number of pyridine rings is 1. The fourth-order valence-corrected chi connectivity index (χ4v) is 2.18. The van der Waals surface area contributed by atoms with Gasteiger partial charge in [-0.25, -0.2) is 4.79 Å². The Kier molecular flexibility index (Phi) is 5.74. The smallest absolute Gasteiger partial charge is 0.416 e. The van der Waals surface area contributed by atoms with Crippen LogP contribution in [0.15, 0.2) is 48.7 Å². The number of alkyl halides is 3. The quantitative estimate of drug-likeness (QED) is 0.840. The number of carbonyl (C=O) groups excluding carboxylic acids is 2. The maximum atomic E-state index is 12.8. The zero-order valence-corrected chi connectivity index (χ0v) is 13.2. The summed E-state index contributed by atoms with van der Waals surface area (Å²) in [4.78, 5) is 27.9. The lowest BCUT2D eigenvalue weighted by Gasteiger charge is -2.17. The van der Waals surface area contributed by atoms with Crippen molar-refractivity contribution >= 4 is 11.9 Å². The molecule has 5 nitrogen and oxygen atoms in total. The highest BCUT2D eigenvalue weighted by molar-refractivity contribution is 5.95. The molecule has 0 fully saturated rings. The molecule has 0 saturated carbocycles. The molecule has 2 rings (SSSR count). The van der Waals surface area contributed by atoms with E-state index in [9.17, 15) is 22.8 Å². The maximum Gasteiger partial charge on any atom is 0.416 e. The number of hydrogen-bond donors (Lipinski definition) is 1. The fraction of sp³-hybridized carbons (Fsp3) is 0.235. The summed E-state index contributed by atoms with van der Waals surface area (Å²) in [5, 5.41) is 2.43. The Labute approximate surface area is 141 Å². The van der Waals surface area contributed by atoms with E-state index in [-0.39, 0.29) is 17.7 Å². The number of amides is 1. The average Bonchev–Trinajstić information content (AvgIpc) is 2.60. The average molecular weight is 352 g/mol. The van der Waals surface area contributed by atoms with Crippen molar-refractivity contribution in [1.29, 1.82) is 0 Å². The van der Waals surface area contributed by atoms with Gasteiger partial charge in [0.2, 0.25) is 0 Å². The second-order valence-electron chi connectivity index (χ2n) is 5.17. The monoisotopic (exact) mass is 352 g/mol. The van der Waals surface area contributed by atoms with Crippen LogP contribution >= 0.6 is 0 Å². The Morgan fingerprint density at radius 3 is 2.56 bits per heavy atom.